The second-order valence-corrected chi connectivity index (χ2v) is 9.15. The maximum atomic E-state index is 13.0. The molecule has 0 aliphatic heterocycles. The van der Waals surface area contributed by atoms with Crippen molar-refractivity contribution in [2.75, 3.05) is 20.3 Å². The lowest BCUT2D eigenvalue weighted by molar-refractivity contribution is 0.217. The van der Waals surface area contributed by atoms with Gasteiger partial charge in [0.05, 0.1) is 32.7 Å². The van der Waals surface area contributed by atoms with Crippen LogP contribution < -0.4 is 24.3 Å². The van der Waals surface area contributed by atoms with E-state index in [1.807, 2.05) is 42.5 Å². The third kappa shape index (κ3) is 4.42. The normalized spacial score (nSPS) is 11.9. The first-order valence-electron chi connectivity index (χ1n) is 10.3. The first-order chi connectivity index (χ1) is 16.5. The predicted octanol–water partition coefficient (Wildman–Crippen LogP) is 5.23. The molecule has 0 bridgehead atoms. The Kier molecular flexibility index (Phi) is 6.32. The Morgan fingerprint density at radius 3 is 2.50 bits per heavy atom. The van der Waals surface area contributed by atoms with Gasteiger partial charge in [0.15, 0.2) is 10.7 Å². The van der Waals surface area contributed by atoms with Gasteiger partial charge in [-0.2, -0.15) is 0 Å². The molecule has 0 aliphatic rings. The number of nitrogens with zero attached hydrogens (tertiary/aromatic N) is 2. The van der Waals surface area contributed by atoms with E-state index < -0.39 is 0 Å². The molecule has 0 saturated heterocycles. The zero-order chi connectivity index (χ0) is 23.7. The topological polar surface area (TPSA) is 62.1 Å². The number of imidazole rings is 1. The SMILES string of the molecule is COc1cccc(OCCOc2c(Cl)cc(/C=c3\sc4nc5ccccc5n4c3=O)cc2Cl)c1. The zero-order valence-corrected chi connectivity index (χ0v) is 20.3. The van der Waals surface area contributed by atoms with Gasteiger partial charge in [-0.15, -0.1) is 0 Å². The third-order valence-corrected chi connectivity index (χ3v) is 6.63. The summed E-state index contributed by atoms with van der Waals surface area (Å²) in [6.07, 6.45) is 1.75. The van der Waals surface area contributed by atoms with Gasteiger partial charge < -0.3 is 14.2 Å². The van der Waals surface area contributed by atoms with E-state index in [9.17, 15) is 4.79 Å². The van der Waals surface area contributed by atoms with E-state index in [1.54, 1.807) is 35.8 Å². The number of fused-ring (bicyclic) bond motifs is 3. The summed E-state index contributed by atoms with van der Waals surface area (Å²) in [6, 6.07) is 18.3. The van der Waals surface area contributed by atoms with Gasteiger partial charge in [-0.05, 0) is 48.0 Å². The highest BCUT2D eigenvalue weighted by molar-refractivity contribution is 7.15. The van der Waals surface area contributed by atoms with Gasteiger partial charge in [0.25, 0.3) is 5.56 Å². The van der Waals surface area contributed by atoms with Crippen LogP contribution in [0, 0.1) is 0 Å². The van der Waals surface area contributed by atoms with Gasteiger partial charge in [-0.1, -0.05) is 52.7 Å². The molecule has 6 nitrogen and oxygen atoms in total. The first-order valence-corrected chi connectivity index (χ1v) is 11.9. The molecule has 0 aliphatic carbocycles. The van der Waals surface area contributed by atoms with Gasteiger partial charge in [-0.25, -0.2) is 9.38 Å². The van der Waals surface area contributed by atoms with Crippen LogP contribution in [-0.4, -0.2) is 29.7 Å². The van der Waals surface area contributed by atoms with Crippen molar-refractivity contribution in [1.82, 2.24) is 9.38 Å². The molecule has 0 spiro atoms. The van der Waals surface area contributed by atoms with Gasteiger partial charge in [0.1, 0.15) is 24.7 Å². The fourth-order valence-corrected chi connectivity index (χ4v) is 5.16. The summed E-state index contributed by atoms with van der Waals surface area (Å²) in [7, 11) is 1.60. The van der Waals surface area contributed by atoms with Gasteiger partial charge >= 0.3 is 0 Å². The smallest absolute Gasteiger partial charge is 0.274 e. The van der Waals surface area contributed by atoms with Crippen molar-refractivity contribution in [2.45, 2.75) is 0 Å². The molecular formula is C25H18Cl2N2O4S. The van der Waals surface area contributed by atoms with Crippen LogP contribution in [0.3, 0.4) is 0 Å². The quantitative estimate of drug-likeness (QED) is 0.279. The Morgan fingerprint density at radius 2 is 1.71 bits per heavy atom. The van der Waals surface area contributed by atoms with Crippen LogP contribution in [0.1, 0.15) is 5.56 Å². The summed E-state index contributed by atoms with van der Waals surface area (Å²) in [6.45, 7) is 0.551. The van der Waals surface area contributed by atoms with E-state index in [1.165, 1.54) is 11.3 Å². The number of hydrogen-bond donors (Lipinski definition) is 0. The van der Waals surface area contributed by atoms with E-state index in [4.69, 9.17) is 37.4 Å². The van der Waals surface area contributed by atoms with E-state index in [0.29, 0.717) is 49.0 Å². The van der Waals surface area contributed by atoms with Crippen molar-refractivity contribution in [3.8, 4) is 17.2 Å². The van der Waals surface area contributed by atoms with Crippen molar-refractivity contribution < 1.29 is 14.2 Å². The summed E-state index contributed by atoms with van der Waals surface area (Å²) in [5, 5.41) is 0.693. The highest BCUT2D eigenvalue weighted by Gasteiger charge is 2.13. The lowest BCUT2D eigenvalue weighted by atomic mass is 10.2. The van der Waals surface area contributed by atoms with Crippen LogP contribution in [-0.2, 0) is 0 Å². The van der Waals surface area contributed by atoms with Crippen molar-refractivity contribution >= 4 is 56.6 Å². The predicted molar refractivity (Wildman–Crippen MR) is 136 cm³/mol. The Labute approximate surface area is 208 Å². The van der Waals surface area contributed by atoms with Crippen LogP contribution in [0.25, 0.3) is 22.1 Å². The number of aromatic nitrogens is 2. The van der Waals surface area contributed by atoms with Crippen LogP contribution in [0.4, 0.5) is 0 Å². The van der Waals surface area contributed by atoms with Crippen LogP contribution in [0.2, 0.25) is 10.0 Å². The summed E-state index contributed by atoms with van der Waals surface area (Å²) in [5.74, 6) is 1.75. The van der Waals surface area contributed by atoms with Crippen LogP contribution in [0.15, 0.2) is 65.5 Å². The highest BCUT2D eigenvalue weighted by Crippen LogP contribution is 2.34. The maximum absolute atomic E-state index is 13.0. The molecule has 172 valence electrons. The summed E-state index contributed by atoms with van der Waals surface area (Å²) in [4.78, 5) is 18.1. The fraction of sp³-hybridized carbons (Fsp3) is 0.120. The van der Waals surface area contributed by atoms with Crippen molar-refractivity contribution in [3.63, 3.8) is 0 Å². The van der Waals surface area contributed by atoms with Gasteiger partial charge in [0, 0.05) is 6.07 Å². The number of thiazole rings is 1. The molecule has 0 fully saturated rings. The molecule has 34 heavy (non-hydrogen) atoms. The van der Waals surface area contributed by atoms with E-state index in [0.717, 1.165) is 11.0 Å². The average molecular weight is 513 g/mol. The number of halogens is 2. The molecule has 0 amide bonds. The molecule has 9 heteroatoms. The first kappa shape index (κ1) is 22.5. The molecule has 5 rings (SSSR count). The van der Waals surface area contributed by atoms with E-state index in [2.05, 4.69) is 4.98 Å². The summed E-state index contributed by atoms with van der Waals surface area (Å²) < 4.78 is 18.8. The summed E-state index contributed by atoms with van der Waals surface area (Å²) >= 11 is 14.2. The summed E-state index contributed by atoms with van der Waals surface area (Å²) in [5.41, 5.74) is 2.15. The molecule has 0 saturated carbocycles. The minimum Gasteiger partial charge on any atom is -0.497 e. The number of benzene rings is 3. The molecule has 0 N–H and O–H groups in total. The third-order valence-electron chi connectivity index (χ3n) is 5.10. The van der Waals surface area contributed by atoms with Crippen molar-refractivity contribution in [1.29, 1.82) is 0 Å². The standard InChI is InChI=1S/C25H18Cl2N2O4S/c1-31-16-5-4-6-17(14-16)32-9-10-33-23-18(26)11-15(12-19(23)27)13-22-24(30)29-21-8-3-2-7-20(21)28-25(29)34-22/h2-8,11-14H,9-10H2,1H3/b22-13-. The molecular weight excluding hydrogens is 495 g/mol. The molecule has 5 aromatic rings. The van der Waals surface area contributed by atoms with Gasteiger partial charge in [-0.3, -0.25) is 4.79 Å². The second-order valence-electron chi connectivity index (χ2n) is 7.32. The maximum Gasteiger partial charge on any atom is 0.274 e. The van der Waals surface area contributed by atoms with Gasteiger partial charge in [0.2, 0.25) is 0 Å². The Bertz CT molecular complexity index is 1590. The second kappa shape index (κ2) is 9.54. The molecule has 0 atom stereocenters. The molecule has 0 radical (unpaired) electrons. The average Bonchev–Trinajstić information content (AvgIpc) is 3.34. The number of rotatable bonds is 7. The van der Waals surface area contributed by atoms with Crippen molar-refractivity contribution in [3.05, 3.63) is 91.2 Å². The molecule has 2 aromatic heterocycles. The lowest BCUT2D eigenvalue weighted by Gasteiger charge is -2.12. The largest absolute Gasteiger partial charge is 0.497 e. The number of methoxy groups -OCH3 is 1. The fourth-order valence-electron chi connectivity index (χ4n) is 3.56. The number of para-hydroxylation sites is 2. The lowest BCUT2D eigenvalue weighted by Crippen LogP contribution is -2.22. The molecule has 2 heterocycles. The Balaban J connectivity index is 1.33. The zero-order valence-electron chi connectivity index (χ0n) is 18.0. The molecule has 3 aromatic carbocycles. The number of hydrogen-bond acceptors (Lipinski definition) is 6. The Hall–Kier alpha value is -3.26. The Morgan fingerprint density at radius 1 is 0.971 bits per heavy atom. The molecule has 0 unspecified atom stereocenters. The minimum absolute atomic E-state index is 0.129. The van der Waals surface area contributed by atoms with E-state index >= 15 is 0 Å². The van der Waals surface area contributed by atoms with Crippen molar-refractivity contribution in [2.24, 2.45) is 0 Å². The monoisotopic (exact) mass is 512 g/mol. The number of ether oxygens (including phenoxy) is 3. The minimum atomic E-state index is -0.129. The van der Waals surface area contributed by atoms with Crippen LogP contribution >= 0.6 is 34.5 Å². The van der Waals surface area contributed by atoms with Crippen LogP contribution in [0.5, 0.6) is 17.2 Å². The van der Waals surface area contributed by atoms with E-state index in [-0.39, 0.29) is 12.2 Å². The highest BCUT2D eigenvalue weighted by atomic mass is 35.5.